The molecule has 1 N–H and O–H groups in total. The van der Waals surface area contributed by atoms with Crippen molar-refractivity contribution in [3.63, 3.8) is 0 Å². The third-order valence-electron chi connectivity index (χ3n) is 3.06. The van der Waals surface area contributed by atoms with Crippen molar-refractivity contribution in [1.82, 2.24) is 10.5 Å². The highest BCUT2D eigenvalue weighted by Gasteiger charge is 2.23. The summed E-state index contributed by atoms with van der Waals surface area (Å²) in [6.07, 6.45) is 3.67. The molecule has 1 aromatic rings. The van der Waals surface area contributed by atoms with Crippen molar-refractivity contribution in [2.75, 3.05) is 13.2 Å². The predicted molar refractivity (Wildman–Crippen MR) is 54.5 cm³/mol. The van der Waals surface area contributed by atoms with Crippen LogP contribution in [0.25, 0.3) is 0 Å². The molecule has 1 atom stereocenters. The van der Waals surface area contributed by atoms with Crippen LogP contribution >= 0.6 is 0 Å². The fourth-order valence-electron chi connectivity index (χ4n) is 1.90. The third-order valence-corrected chi connectivity index (χ3v) is 3.06. The quantitative estimate of drug-likeness (QED) is 0.813. The summed E-state index contributed by atoms with van der Waals surface area (Å²) in [6, 6.07) is 2.79. The van der Waals surface area contributed by atoms with Gasteiger partial charge in [0.25, 0.3) is 0 Å². The average molecular weight is 208 g/mol. The monoisotopic (exact) mass is 208 g/mol. The van der Waals surface area contributed by atoms with Gasteiger partial charge in [-0.3, -0.25) is 0 Å². The van der Waals surface area contributed by atoms with Crippen LogP contribution < -0.4 is 5.32 Å². The maximum atomic E-state index is 5.33. The zero-order chi connectivity index (χ0) is 10.1. The van der Waals surface area contributed by atoms with Crippen LogP contribution in [-0.4, -0.2) is 24.4 Å². The average Bonchev–Trinajstić information content (AvgIpc) is 2.78. The molecule has 2 aliphatic rings. The van der Waals surface area contributed by atoms with E-state index in [9.17, 15) is 0 Å². The lowest BCUT2D eigenvalue weighted by molar-refractivity contribution is 0.190. The largest absolute Gasteiger partial charge is 0.381 e. The number of rotatable bonds is 4. The standard InChI is InChI=1S/C11H16N2O2/c1-2-9(1)12-6-10-5-11(15-13-10)8-3-4-14-7-8/h5,8-9,12H,1-4,6-7H2. The zero-order valence-corrected chi connectivity index (χ0v) is 8.74. The van der Waals surface area contributed by atoms with Gasteiger partial charge in [-0.05, 0) is 19.3 Å². The minimum Gasteiger partial charge on any atom is -0.381 e. The Bertz CT molecular complexity index is 327. The summed E-state index contributed by atoms with van der Waals surface area (Å²) in [4.78, 5) is 0. The molecule has 1 aliphatic carbocycles. The molecule has 0 aromatic carbocycles. The Morgan fingerprint density at radius 1 is 1.40 bits per heavy atom. The van der Waals surface area contributed by atoms with E-state index in [4.69, 9.17) is 9.26 Å². The first-order valence-electron chi connectivity index (χ1n) is 5.68. The van der Waals surface area contributed by atoms with Gasteiger partial charge in [-0.2, -0.15) is 0 Å². The SMILES string of the molecule is c1c(CNC2CC2)noc1C1CCOC1. The highest BCUT2D eigenvalue weighted by Crippen LogP contribution is 2.26. The first-order valence-corrected chi connectivity index (χ1v) is 5.68. The smallest absolute Gasteiger partial charge is 0.142 e. The van der Waals surface area contributed by atoms with Gasteiger partial charge in [-0.1, -0.05) is 5.16 Å². The molecule has 1 aliphatic heterocycles. The number of hydrogen-bond acceptors (Lipinski definition) is 4. The molecule has 2 heterocycles. The number of ether oxygens (including phenoxy) is 1. The van der Waals surface area contributed by atoms with Gasteiger partial charge in [0.1, 0.15) is 5.76 Å². The minimum absolute atomic E-state index is 0.423. The van der Waals surface area contributed by atoms with E-state index in [0.717, 1.165) is 43.7 Å². The summed E-state index contributed by atoms with van der Waals surface area (Å²) in [7, 11) is 0. The maximum absolute atomic E-state index is 5.33. The molecule has 1 saturated carbocycles. The van der Waals surface area contributed by atoms with E-state index in [1.807, 2.05) is 0 Å². The predicted octanol–water partition coefficient (Wildman–Crippen LogP) is 1.43. The summed E-state index contributed by atoms with van der Waals surface area (Å²) < 4.78 is 10.7. The van der Waals surface area contributed by atoms with Gasteiger partial charge >= 0.3 is 0 Å². The van der Waals surface area contributed by atoms with Gasteiger partial charge in [0, 0.05) is 31.2 Å². The summed E-state index contributed by atoms with van der Waals surface area (Å²) >= 11 is 0. The molecule has 0 radical (unpaired) electrons. The van der Waals surface area contributed by atoms with Crippen molar-refractivity contribution in [1.29, 1.82) is 0 Å². The van der Waals surface area contributed by atoms with Gasteiger partial charge in [0.2, 0.25) is 0 Å². The second-order valence-corrected chi connectivity index (χ2v) is 4.44. The molecule has 82 valence electrons. The van der Waals surface area contributed by atoms with Gasteiger partial charge in [0.05, 0.1) is 12.3 Å². The number of nitrogens with one attached hydrogen (secondary N) is 1. The Kier molecular flexibility index (Phi) is 2.46. The summed E-state index contributed by atoms with van der Waals surface area (Å²) in [5.41, 5.74) is 1.02. The van der Waals surface area contributed by atoms with E-state index < -0.39 is 0 Å². The molecule has 2 fully saturated rings. The van der Waals surface area contributed by atoms with Crippen molar-refractivity contribution < 1.29 is 9.26 Å². The van der Waals surface area contributed by atoms with Crippen molar-refractivity contribution in [3.8, 4) is 0 Å². The second-order valence-electron chi connectivity index (χ2n) is 4.44. The van der Waals surface area contributed by atoms with Gasteiger partial charge in [0.15, 0.2) is 0 Å². The Morgan fingerprint density at radius 2 is 2.33 bits per heavy atom. The lowest BCUT2D eigenvalue weighted by atomic mass is 10.1. The first-order chi connectivity index (χ1) is 7.42. The molecular formula is C11H16N2O2. The van der Waals surface area contributed by atoms with Crippen LogP contribution in [0.4, 0.5) is 0 Å². The van der Waals surface area contributed by atoms with Crippen LogP contribution in [0.2, 0.25) is 0 Å². The molecule has 3 rings (SSSR count). The molecule has 4 nitrogen and oxygen atoms in total. The van der Waals surface area contributed by atoms with Crippen molar-refractivity contribution >= 4 is 0 Å². The molecule has 4 heteroatoms. The topological polar surface area (TPSA) is 47.3 Å². The Hall–Kier alpha value is -0.870. The number of nitrogens with zero attached hydrogens (tertiary/aromatic N) is 1. The summed E-state index contributed by atoms with van der Waals surface area (Å²) in [5, 5.41) is 7.49. The Labute approximate surface area is 89.0 Å². The molecule has 0 spiro atoms. The third kappa shape index (κ3) is 2.21. The van der Waals surface area contributed by atoms with Crippen LogP contribution in [0.5, 0.6) is 0 Å². The van der Waals surface area contributed by atoms with E-state index in [0.29, 0.717) is 5.92 Å². The van der Waals surface area contributed by atoms with Crippen LogP contribution in [0.3, 0.4) is 0 Å². The van der Waals surface area contributed by atoms with Gasteiger partial charge in [-0.25, -0.2) is 0 Å². The van der Waals surface area contributed by atoms with Crippen LogP contribution in [0.1, 0.15) is 36.6 Å². The van der Waals surface area contributed by atoms with Crippen LogP contribution in [0.15, 0.2) is 10.6 Å². The van der Waals surface area contributed by atoms with E-state index in [1.165, 1.54) is 12.8 Å². The minimum atomic E-state index is 0.423. The molecular weight excluding hydrogens is 192 g/mol. The molecule has 1 saturated heterocycles. The van der Waals surface area contributed by atoms with Gasteiger partial charge < -0.3 is 14.6 Å². The van der Waals surface area contributed by atoms with Crippen LogP contribution in [0, 0.1) is 0 Å². The number of aromatic nitrogens is 1. The zero-order valence-electron chi connectivity index (χ0n) is 8.74. The lowest BCUT2D eigenvalue weighted by Gasteiger charge is -1.99. The highest BCUT2D eigenvalue weighted by atomic mass is 16.5. The lowest BCUT2D eigenvalue weighted by Crippen LogP contribution is -2.15. The molecule has 1 unspecified atom stereocenters. The molecule has 0 amide bonds. The Balaban J connectivity index is 1.59. The summed E-state index contributed by atoms with van der Waals surface area (Å²) in [6.45, 7) is 2.47. The highest BCUT2D eigenvalue weighted by molar-refractivity contribution is 5.11. The Morgan fingerprint density at radius 3 is 3.07 bits per heavy atom. The van der Waals surface area contributed by atoms with E-state index in [2.05, 4.69) is 16.5 Å². The van der Waals surface area contributed by atoms with E-state index in [-0.39, 0.29) is 0 Å². The van der Waals surface area contributed by atoms with E-state index >= 15 is 0 Å². The molecule has 0 bridgehead atoms. The first kappa shape index (κ1) is 9.36. The maximum Gasteiger partial charge on any atom is 0.142 e. The van der Waals surface area contributed by atoms with Gasteiger partial charge in [-0.15, -0.1) is 0 Å². The number of hydrogen-bond donors (Lipinski definition) is 1. The summed E-state index contributed by atoms with van der Waals surface area (Å²) in [5.74, 6) is 1.41. The molecule has 15 heavy (non-hydrogen) atoms. The molecule has 1 aromatic heterocycles. The van der Waals surface area contributed by atoms with Crippen molar-refractivity contribution in [2.45, 2.75) is 37.8 Å². The fraction of sp³-hybridized carbons (Fsp3) is 0.727. The van der Waals surface area contributed by atoms with Crippen molar-refractivity contribution in [2.24, 2.45) is 0 Å². The fourth-order valence-corrected chi connectivity index (χ4v) is 1.90. The van der Waals surface area contributed by atoms with E-state index in [1.54, 1.807) is 0 Å². The normalized spacial score (nSPS) is 26.0. The second kappa shape index (κ2) is 3.94. The van der Waals surface area contributed by atoms with Crippen LogP contribution in [-0.2, 0) is 11.3 Å². The van der Waals surface area contributed by atoms with Crippen molar-refractivity contribution in [3.05, 3.63) is 17.5 Å².